The van der Waals surface area contributed by atoms with Gasteiger partial charge in [-0.3, -0.25) is 19.7 Å². The standard InChI is InChI=1S/C29H22IN5O/c1-18-15-32-25-13-12-24(20-14-19-6-4-5-7-23(19)33-16-20)34-26(25)27(18)35(28(30)36)22-10-8-21(9-11-22)29(2,3)17-31/h4-16H,1-3H3. The Morgan fingerprint density at radius 1 is 0.972 bits per heavy atom. The fraction of sp³-hybridized carbons (Fsp3) is 0.138. The first-order valence-corrected chi connectivity index (χ1v) is 12.5. The summed E-state index contributed by atoms with van der Waals surface area (Å²) < 4.78 is -0.171. The van der Waals surface area contributed by atoms with Crippen molar-refractivity contribution in [2.24, 2.45) is 0 Å². The van der Waals surface area contributed by atoms with Crippen LogP contribution in [-0.4, -0.2) is 18.9 Å². The zero-order valence-electron chi connectivity index (χ0n) is 20.0. The molecule has 1 amide bonds. The van der Waals surface area contributed by atoms with Crippen LogP contribution in [0.4, 0.5) is 16.2 Å². The van der Waals surface area contributed by atoms with Crippen LogP contribution in [-0.2, 0) is 5.41 Å². The van der Waals surface area contributed by atoms with Crippen molar-refractivity contribution >= 4 is 59.8 Å². The molecule has 0 bridgehead atoms. The van der Waals surface area contributed by atoms with E-state index in [4.69, 9.17) is 4.98 Å². The number of aryl methyl sites for hydroxylation is 1. The lowest BCUT2D eigenvalue weighted by Gasteiger charge is -2.24. The average Bonchev–Trinajstić information content (AvgIpc) is 2.89. The van der Waals surface area contributed by atoms with Gasteiger partial charge in [0.2, 0.25) is 0 Å². The van der Waals surface area contributed by atoms with Crippen molar-refractivity contribution in [2.45, 2.75) is 26.2 Å². The molecule has 0 saturated carbocycles. The molecule has 3 aromatic heterocycles. The maximum absolute atomic E-state index is 13.0. The molecule has 7 heteroatoms. The van der Waals surface area contributed by atoms with Crippen LogP contribution in [0.15, 0.2) is 79.1 Å². The molecular weight excluding hydrogens is 561 g/mol. The SMILES string of the molecule is Cc1cnc2ccc(-c3cnc4ccccc4c3)nc2c1N(C(=O)I)c1ccc(C(C)(C)C#N)cc1. The maximum Gasteiger partial charge on any atom is 0.292 e. The van der Waals surface area contributed by atoms with E-state index in [0.717, 1.165) is 33.3 Å². The highest BCUT2D eigenvalue weighted by Gasteiger charge is 2.24. The zero-order chi connectivity index (χ0) is 25.4. The molecule has 176 valence electrons. The van der Waals surface area contributed by atoms with E-state index in [0.29, 0.717) is 22.4 Å². The number of benzene rings is 2. The van der Waals surface area contributed by atoms with E-state index in [1.165, 1.54) is 0 Å². The highest BCUT2D eigenvalue weighted by Crippen LogP contribution is 2.37. The van der Waals surface area contributed by atoms with Gasteiger partial charge in [0, 0.05) is 51.6 Å². The first kappa shape index (κ1) is 23.8. The Bertz CT molecular complexity index is 1670. The van der Waals surface area contributed by atoms with Gasteiger partial charge in [0.25, 0.3) is 3.91 Å². The maximum atomic E-state index is 13.0. The third kappa shape index (κ3) is 4.29. The van der Waals surface area contributed by atoms with E-state index in [2.05, 4.69) is 22.1 Å². The summed E-state index contributed by atoms with van der Waals surface area (Å²) in [6.07, 6.45) is 3.58. The lowest BCUT2D eigenvalue weighted by Crippen LogP contribution is -2.21. The Kier molecular flexibility index (Phi) is 6.14. The second-order valence-electron chi connectivity index (χ2n) is 9.14. The number of hydrogen-bond donors (Lipinski definition) is 0. The van der Waals surface area contributed by atoms with Crippen LogP contribution in [0.3, 0.4) is 0 Å². The number of para-hydroxylation sites is 1. The first-order chi connectivity index (χ1) is 17.3. The lowest BCUT2D eigenvalue weighted by atomic mass is 9.86. The highest BCUT2D eigenvalue weighted by atomic mass is 127. The summed E-state index contributed by atoms with van der Waals surface area (Å²) in [6, 6.07) is 23.7. The molecule has 0 saturated heterocycles. The van der Waals surface area contributed by atoms with E-state index in [1.807, 2.05) is 87.6 Å². The van der Waals surface area contributed by atoms with Gasteiger partial charge in [-0.1, -0.05) is 30.3 Å². The Morgan fingerprint density at radius 3 is 2.42 bits per heavy atom. The molecule has 6 nitrogen and oxygen atoms in total. The smallest absolute Gasteiger partial charge is 0.270 e. The normalized spacial score (nSPS) is 11.4. The summed E-state index contributed by atoms with van der Waals surface area (Å²) in [7, 11) is 0. The number of aromatic nitrogens is 3. The van der Waals surface area contributed by atoms with Crippen LogP contribution in [0.2, 0.25) is 0 Å². The van der Waals surface area contributed by atoms with Crippen molar-refractivity contribution in [1.29, 1.82) is 5.26 Å². The minimum absolute atomic E-state index is 0.171. The summed E-state index contributed by atoms with van der Waals surface area (Å²) in [5.74, 6) is 0. The fourth-order valence-corrected chi connectivity index (χ4v) is 4.73. The highest BCUT2D eigenvalue weighted by molar-refractivity contribution is 14.1. The molecule has 0 spiro atoms. The molecule has 0 atom stereocenters. The van der Waals surface area contributed by atoms with Gasteiger partial charge >= 0.3 is 0 Å². The average molecular weight is 583 g/mol. The van der Waals surface area contributed by atoms with Crippen LogP contribution in [0.1, 0.15) is 25.0 Å². The Hall–Kier alpha value is -3.90. The minimum atomic E-state index is -0.624. The molecule has 3 heterocycles. The molecule has 0 radical (unpaired) electrons. The molecule has 0 aliphatic carbocycles. The summed E-state index contributed by atoms with van der Waals surface area (Å²) >= 11 is 1.80. The molecule has 0 fully saturated rings. The van der Waals surface area contributed by atoms with Crippen molar-refractivity contribution in [1.82, 2.24) is 15.0 Å². The summed E-state index contributed by atoms with van der Waals surface area (Å²) in [4.78, 5) is 28.7. The van der Waals surface area contributed by atoms with E-state index >= 15 is 0 Å². The number of nitriles is 1. The summed E-state index contributed by atoms with van der Waals surface area (Å²) in [6.45, 7) is 5.67. The second-order valence-corrected chi connectivity index (χ2v) is 10.1. The molecule has 5 rings (SSSR count). The van der Waals surface area contributed by atoms with Crippen LogP contribution < -0.4 is 4.90 Å². The van der Waals surface area contributed by atoms with Crippen molar-refractivity contribution in [3.8, 4) is 17.3 Å². The summed E-state index contributed by atoms with van der Waals surface area (Å²) in [5.41, 5.74) is 6.35. The van der Waals surface area contributed by atoms with E-state index in [-0.39, 0.29) is 3.91 Å². The van der Waals surface area contributed by atoms with Gasteiger partial charge in [0.15, 0.2) is 0 Å². The number of rotatable bonds is 4. The van der Waals surface area contributed by atoms with Gasteiger partial charge in [-0.05, 0) is 68.3 Å². The number of carbonyl (C=O) groups is 1. The van der Waals surface area contributed by atoms with Gasteiger partial charge in [-0.25, -0.2) is 4.98 Å². The van der Waals surface area contributed by atoms with Crippen LogP contribution in [0.5, 0.6) is 0 Å². The van der Waals surface area contributed by atoms with Crippen molar-refractivity contribution in [2.75, 3.05) is 4.90 Å². The van der Waals surface area contributed by atoms with E-state index in [1.54, 1.807) is 33.7 Å². The number of nitrogens with zero attached hydrogens (tertiary/aromatic N) is 5. The Balaban J connectivity index is 1.67. The van der Waals surface area contributed by atoms with Crippen LogP contribution in [0.25, 0.3) is 33.2 Å². The molecule has 5 aromatic rings. The largest absolute Gasteiger partial charge is 0.292 e. The van der Waals surface area contributed by atoms with E-state index in [9.17, 15) is 10.1 Å². The van der Waals surface area contributed by atoms with Crippen molar-refractivity contribution in [3.05, 3.63) is 90.3 Å². The van der Waals surface area contributed by atoms with Gasteiger partial charge in [0.1, 0.15) is 5.52 Å². The molecular formula is C29H22IN5O. The minimum Gasteiger partial charge on any atom is -0.270 e. The van der Waals surface area contributed by atoms with Gasteiger partial charge in [0.05, 0.1) is 33.9 Å². The Morgan fingerprint density at radius 2 is 1.69 bits per heavy atom. The Labute approximate surface area is 222 Å². The third-order valence-corrected chi connectivity index (χ3v) is 6.76. The number of fused-ring (bicyclic) bond motifs is 2. The molecule has 36 heavy (non-hydrogen) atoms. The second kappa shape index (κ2) is 9.28. The zero-order valence-corrected chi connectivity index (χ0v) is 22.2. The molecule has 0 aliphatic rings. The fourth-order valence-electron chi connectivity index (χ4n) is 4.21. The van der Waals surface area contributed by atoms with Crippen LogP contribution in [0, 0.1) is 18.3 Å². The number of amides is 1. The first-order valence-electron chi connectivity index (χ1n) is 11.4. The van der Waals surface area contributed by atoms with Crippen LogP contribution >= 0.6 is 22.6 Å². The molecule has 0 N–H and O–H groups in total. The number of halogens is 1. The number of anilines is 2. The monoisotopic (exact) mass is 583 g/mol. The third-order valence-electron chi connectivity index (χ3n) is 6.28. The summed E-state index contributed by atoms with van der Waals surface area (Å²) in [5, 5.41) is 10.5. The topological polar surface area (TPSA) is 82.8 Å². The predicted molar refractivity (Wildman–Crippen MR) is 152 cm³/mol. The van der Waals surface area contributed by atoms with Gasteiger partial charge in [-0.2, -0.15) is 5.26 Å². The predicted octanol–water partition coefficient (Wildman–Crippen LogP) is 7.65. The van der Waals surface area contributed by atoms with Gasteiger partial charge in [-0.15, -0.1) is 0 Å². The quantitative estimate of drug-likeness (QED) is 0.123. The van der Waals surface area contributed by atoms with Crippen molar-refractivity contribution in [3.63, 3.8) is 0 Å². The number of hydrogen-bond acceptors (Lipinski definition) is 5. The van der Waals surface area contributed by atoms with Gasteiger partial charge < -0.3 is 0 Å². The number of carbonyl (C=O) groups excluding carboxylic acids is 1. The molecule has 0 aliphatic heterocycles. The van der Waals surface area contributed by atoms with E-state index < -0.39 is 5.41 Å². The molecule has 2 aromatic carbocycles. The lowest BCUT2D eigenvalue weighted by molar-refractivity contribution is 0.269. The number of pyridine rings is 3. The molecule has 0 unspecified atom stereocenters. The van der Waals surface area contributed by atoms with Crippen molar-refractivity contribution < 1.29 is 4.79 Å².